The first-order valence-electron chi connectivity index (χ1n) is 12.6. The van der Waals surface area contributed by atoms with Gasteiger partial charge in [0.1, 0.15) is 17.5 Å². The number of nitrogens with zero attached hydrogens (tertiary/aromatic N) is 2. The Morgan fingerprint density at radius 3 is 2.62 bits per heavy atom. The highest BCUT2D eigenvalue weighted by Gasteiger charge is 2.35. The van der Waals surface area contributed by atoms with Crippen LogP contribution in [0.4, 0.5) is 4.79 Å². The molecule has 2 heterocycles. The highest BCUT2D eigenvalue weighted by Crippen LogP contribution is 2.23. The number of H-pyrrole nitrogens is 1. The van der Waals surface area contributed by atoms with E-state index in [9.17, 15) is 19.2 Å². The Morgan fingerprint density at radius 2 is 1.93 bits per heavy atom. The van der Waals surface area contributed by atoms with Gasteiger partial charge in [-0.1, -0.05) is 23.2 Å². The van der Waals surface area contributed by atoms with E-state index in [4.69, 9.17) is 27.9 Å². The molecular formula is C27H30Cl2N6O5. The van der Waals surface area contributed by atoms with Crippen molar-refractivity contribution in [2.75, 3.05) is 19.6 Å². The summed E-state index contributed by atoms with van der Waals surface area (Å²) in [5.41, 5.74) is 1.12. The quantitative estimate of drug-likeness (QED) is 0.344. The predicted octanol–water partition coefficient (Wildman–Crippen LogP) is 3.83. The number of ether oxygens (including phenoxy) is 1. The van der Waals surface area contributed by atoms with Crippen molar-refractivity contribution in [3.63, 3.8) is 0 Å². The summed E-state index contributed by atoms with van der Waals surface area (Å²) >= 11 is 12.5. The molecule has 4 amide bonds. The second kappa shape index (κ2) is 11.7. The first-order chi connectivity index (χ1) is 18.8. The third-order valence-corrected chi connectivity index (χ3v) is 6.66. The summed E-state index contributed by atoms with van der Waals surface area (Å²) in [6, 6.07) is 8.17. The van der Waals surface area contributed by atoms with Crippen molar-refractivity contribution >= 4 is 58.1 Å². The number of nitrogens with one attached hydrogen (secondary N) is 4. The fourth-order valence-corrected chi connectivity index (χ4v) is 4.63. The smallest absolute Gasteiger partial charge is 0.407 e. The van der Waals surface area contributed by atoms with Crippen molar-refractivity contribution in [1.29, 1.82) is 0 Å². The van der Waals surface area contributed by atoms with Crippen LogP contribution >= 0.6 is 23.2 Å². The molecule has 0 spiro atoms. The topological polar surface area (TPSA) is 146 Å². The Labute approximate surface area is 240 Å². The molecule has 1 fully saturated rings. The molecule has 1 aromatic heterocycles. The van der Waals surface area contributed by atoms with Gasteiger partial charge in [-0.25, -0.2) is 9.78 Å². The molecule has 3 aromatic rings. The first-order valence-corrected chi connectivity index (χ1v) is 13.4. The van der Waals surface area contributed by atoms with E-state index in [0.717, 1.165) is 11.0 Å². The molecule has 1 aliphatic heterocycles. The van der Waals surface area contributed by atoms with Crippen molar-refractivity contribution < 1.29 is 23.9 Å². The van der Waals surface area contributed by atoms with Gasteiger partial charge in [-0.05, 0) is 64.1 Å². The summed E-state index contributed by atoms with van der Waals surface area (Å²) in [5.74, 6) is -0.775. The second-order valence-corrected chi connectivity index (χ2v) is 11.2. The number of hydrogen-bond donors (Lipinski definition) is 4. The van der Waals surface area contributed by atoms with E-state index < -0.39 is 41.5 Å². The summed E-state index contributed by atoms with van der Waals surface area (Å²) < 4.78 is 5.22. The maximum absolute atomic E-state index is 13.4. The minimum atomic E-state index is -0.965. The van der Waals surface area contributed by atoms with Gasteiger partial charge in [0.2, 0.25) is 5.91 Å². The number of carbonyl (C=O) groups excluding carboxylic acids is 4. The number of aromatic nitrogens is 2. The molecule has 0 radical (unpaired) electrons. The summed E-state index contributed by atoms with van der Waals surface area (Å²) in [4.78, 5) is 60.0. The molecule has 212 valence electrons. The molecule has 11 nitrogen and oxygen atoms in total. The number of carbonyl (C=O) groups is 4. The van der Waals surface area contributed by atoms with Crippen molar-refractivity contribution in [1.82, 2.24) is 30.8 Å². The zero-order valence-corrected chi connectivity index (χ0v) is 23.9. The van der Waals surface area contributed by atoms with Crippen LogP contribution in [0.25, 0.3) is 11.0 Å². The van der Waals surface area contributed by atoms with Gasteiger partial charge >= 0.3 is 6.09 Å². The van der Waals surface area contributed by atoms with Crippen LogP contribution in [0.1, 0.15) is 60.3 Å². The van der Waals surface area contributed by atoms with Gasteiger partial charge in [-0.15, -0.1) is 0 Å². The van der Waals surface area contributed by atoms with Gasteiger partial charge in [-0.2, -0.15) is 0 Å². The largest absolute Gasteiger partial charge is 0.444 e. The van der Waals surface area contributed by atoms with E-state index >= 15 is 0 Å². The first kappa shape index (κ1) is 29.2. The van der Waals surface area contributed by atoms with Crippen LogP contribution < -0.4 is 16.0 Å². The summed E-state index contributed by atoms with van der Waals surface area (Å²) in [5, 5.41) is 8.72. The Morgan fingerprint density at radius 1 is 1.18 bits per heavy atom. The average Bonchev–Trinajstić information content (AvgIpc) is 3.30. The number of benzene rings is 2. The van der Waals surface area contributed by atoms with Gasteiger partial charge in [0.15, 0.2) is 0 Å². The summed E-state index contributed by atoms with van der Waals surface area (Å²) in [6.07, 6.45) is -0.702. The lowest BCUT2D eigenvalue weighted by Crippen LogP contribution is -2.61. The van der Waals surface area contributed by atoms with Crippen LogP contribution in [0.3, 0.4) is 0 Å². The predicted molar refractivity (Wildman–Crippen MR) is 151 cm³/mol. The zero-order chi connectivity index (χ0) is 29.2. The number of fused-ring (bicyclic) bond motifs is 1. The molecule has 0 bridgehead atoms. The standard InChI is InChI=1S/C27H30Cl2N6O5/c1-14(22-33-19-8-6-16(28)12-20(19)34-22)32-23(36)15-5-7-17(18(29)11-15)25(38)35-10-9-30-24(37)21(35)13-31-26(39)40-27(2,3)4/h5-8,11-12,14,21H,9-10,13H2,1-4H3,(H,30,37)(H,31,39)(H,32,36)(H,33,34). The maximum Gasteiger partial charge on any atom is 0.407 e. The van der Waals surface area contributed by atoms with Crippen molar-refractivity contribution in [2.24, 2.45) is 0 Å². The molecule has 2 atom stereocenters. The third-order valence-electron chi connectivity index (χ3n) is 6.11. The van der Waals surface area contributed by atoms with E-state index in [-0.39, 0.29) is 35.8 Å². The number of halogens is 2. The molecule has 4 N–H and O–H groups in total. The second-order valence-electron chi connectivity index (χ2n) is 10.4. The number of rotatable bonds is 6. The normalized spacial score (nSPS) is 16.3. The highest BCUT2D eigenvalue weighted by molar-refractivity contribution is 6.34. The molecule has 4 rings (SSSR count). The van der Waals surface area contributed by atoms with Gasteiger partial charge in [0.25, 0.3) is 11.8 Å². The molecule has 1 aliphatic rings. The molecule has 13 heteroatoms. The fraction of sp³-hybridized carbons (Fsp3) is 0.370. The lowest BCUT2D eigenvalue weighted by Gasteiger charge is -2.35. The molecule has 1 saturated heterocycles. The Kier molecular flexibility index (Phi) is 8.55. The minimum absolute atomic E-state index is 0.0496. The van der Waals surface area contributed by atoms with Crippen LogP contribution in [-0.4, -0.2) is 70.0 Å². The maximum atomic E-state index is 13.4. The number of imidazole rings is 1. The zero-order valence-electron chi connectivity index (χ0n) is 22.4. The van der Waals surface area contributed by atoms with Crippen LogP contribution in [0.5, 0.6) is 0 Å². The lowest BCUT2D eigenvalue weighted by molar-refractivity contribution is -0.127. The summed E-state index contributed by atoms with van der Waals surface area (Å²) in [6.45, 7) is 7.26. The van der Waals surface area contributed by atoms with Crippen molar-refractivity contribution in [2.45, 2.75) is 45.4 Å². The van der Waals surface area contributed by atoms with Gasteiger partial charge < -0.3 is 30.6 Å². The van der Waals surface area contributed by atoms with E-state index in [1.165, 1.54) is 23.1 Å². The van der Waals surface area contributed by atoms with E-state index in [1.54, 1.807) is 45.9 Å². The van der Waals surface area contributed by atoms with Gasteiger partial charge in [0, 0.05) is 23.7 Å². The molecule has 2 aromatic carbocycles. The molecular weight excluding hydrogens is 559 g/mol. The minimum Gasteiger partial charge on any atom is -0.444 e. The van der Waals surface area contributed by atoms with E-state index in [1.807, 2.05) is 0 Å². The van der Waals surface area contributed by atoms with E-state index in [2.05, 4.69) is 25.9 Å². The molecule has 40 heavy (non-hydrogen) atoms. The molecule has 2 unspecified atom stereocenters. The average molecular weight is 589 g/mol. The fourth-order valence-electron chi connectivity index (χ4n) is 4.19. The number of amides is 4. The van der Waals surface area contributed by atoms with Crippen LogP contribution in [0, 0.1) is 0 Å². The van der Waals surface area contributed by atoms with Gasteiger partial charge in [-0.3, -0.25) is 14.4 Å². The molecule has 0 aliphatic carbocycles. The number of hydrogen-bond acceptors (Lipinski definition) is 6. The number of alkyl carbamates (subject to hydrolysis) is 1. The van der Waals surface area contributed by atoms with E-state index in [0.29, 0.717) is 10.8 Å². The Balaban J connectivity index is 1.44. The van der Waals surface area contributed by atoms with Crippen LogP contribution in [0.2, 0.25) is 10.0 Å². The lowest BCUT2D eigenvalue weighted by atomic mass is 10.1. The van der Waals surface area contributed by atoms with Gasteiger partial charge in [0.05, 0.1) is 34.2 Å². The van der Waals surface area contributed by atoms with Crippen LogP contribution in [-0.2, 0) is 9.53 Å². The SMILES string of the molecule is CC(NC(=O)c1ccc(C(=O)N2CCNC(=O)C2CNC(=O)OC(C)(C)C)c(Cl)c1)c1nc2ccc(Cl)cc2[nH]1. The highest BCUT2D eigenvalue weighted by atomic mass is 35.5. The van der Waals surface area contributed by atoms with Crippen LogP contribution in [0.15, 0.2) is 36.4 Å². The number of aromatic amines is 1. The van der Waals surface area contributed by atoms with Crippen molar-refractivity contribution in [3.8, 4) is 0 Å². The monoisotopic (exact) mass is 588 g/mol. The Hall–Kier alpha value is -3.83. The van der Waals surface area contributed by atoms with Crippen molar-refractivity contribution in [3.05, 3.63) is 63.4 Å². The number of piperazine rings is 1. The third kappa shape index (κ3) is 6.83. The molecule has 0 saturated carbocycles. The summed E-state index contributed by atoms with van der Waals surface area (Å²) in [7, 11) is 0. The Bertz CT molecular complexity index is 1470.